The minimum atomic E-state index is -0.105. The molecule has 0 unspecified atom stereocenters. The van der Waals surface area contributed by atoms with Crippen LogP contribution in [0.3, 0.4) is 0 Å². The van der Waals surface area contributed by atoms with E-state index in [1.54, 1.807) is 19.4 Å². The first kappa shape index (κ1) is 10.6. The van der Waals surface area contributed by atoms with Crippen LogP contribution in [0.5, 0.6) is 0 Å². The van der Waals surface area contributed by atoms with Crippen LogP contribution >= 0.6 is 0 Å². The minimum absolute atomic E-state index is 0.105. The van der Waals surface area contributed by atoms with Crippen molar-refractivity contribution in [1.82, 2.24) is 19.1 Å². The molecule has 3 rings (SSSR count). The lowest BCUT2D eigenvalue weighted by atomic mass is 10.2. The molecule has 0 radical (unpaired) electrons. The van der Waals surface area contributed by atoms with E-state index in [-0.39, 0.29) is 5.69 Å². The first-order valence-electron chi connectivity index (χ1n) is 5.56. The van der Waals surface area contributed by atoms with E-state index >= 15 is 0 Å². The average Bonchev–Trinajstić information content (AvgIpc) is 2.85. The molecular formula is C12H13N5O. The number of aromatic nitrogens is 4. The van der Waals surface area contributed by atoms with Crippen LogP contribution in [0.25, 0.3) is 16.9 Å². The van der Waals surface area contributed by atoms with Gasteiger partial charge in [-0.1, -0.05) is 0 Å². The number of hydrogen-bond donors (Lipinski definition) is 2. The molecule has 0 spiro atoms. The molecule has 92 valence electrons. The summed E-state index contributed by atoms with van der Waals surface area (Å²) < 4.78 is 3.05. The van der Waals surface area contributed by atoms with Crippen LogP contribution in [0.2, 0.25) is 0 Å². The monoisotopic (exact) mass is 243 g/mol. The van der Waals surface area contributed by atoms with Gasteiger partial charge in [-0.05, 0) is 18.6 Å². The van der Waals surface area contributed by atoms with Crippen molar-refractivity contribution < 1.29 is 0 Å². The van der Waals surface area contributed by atoms with Crippen LogP contribution in [-0.4, -0.2) is 19.1 Å². The Balaban J connectivity index is 2.25. The van der Waals surface area contributed by atoms with Gasteiger partial charge in [0.1, 0.15) is 11.6 Å². The molecule has 18 heavy (non-hydrogen) atoms. The summed E-state index contributed by atoms with van der Waals surface area (Å²) in [7, 11) is 1.71. The fraction of sp³-hybridized carbons (Fsp3) is 0.167. The highest BCUT2D eigenvalue weighted by Crippen LogP contribution is 2.19. The van der Waals surface area contributed by atoms with Crippen LogP contribution in [0.4, 0.5) is 5.82 Å². The summed E-state index contributed by atoms with van der Waals surface area (Å²) >= 11 is 0. The van der Waals surface area contributed by atoms with Gasteiger partial charge in [0, 0.05) is 25.5 Å². The first-order chi connectivity index (χ1) is 8.56. The number of pyridine rings is 1. The average molecular weight is 243 g/mol. The van der Waals surface area contributed by atoms with Crippen LogP contribution < -0.4 is 11.4 Å². The Bertz CT molecular complexity index is 754. The normalized spacial score (nSPS) is 11.2. The van der Waals surface area contributed by atoms with E-state index in [1.165, 1.54) is 9.13 Å². The third-order valence-electron chi connectivity index (χ3n) is 3.02. The van der Waals surface area contributed by atoms with Gasteiger partial charge in [0.05, 0.1) is 11.0 Å². The van der Waals surface area contributed by atoms with E-state index in [0.29, 0.717) is 11.6 Å². The summed E-state index contributed by atoms with van der Waals surface area (Å²) in [6, 6.07) is 3.74. The zero-order chi connectivity index (χ0) is 12.9. The van der Waals surface area contributed by atoms with Crippen molar-refractivity contribution in [2.75, 3.05) is 5.73 Å². The number of nitrogen functional groups attached to an aromatic ring is 1. The Hall–Kier alpha value is -2.50. The second kappa shape index (κ2) is 3.49. The third-order valence-corrected chi connectivity index (χ3v) is 3.02. The summed E-state index contributed by atoms with van der Waals surface area (Å²) in [5, 5.41) is 0. The Morgan fingerprint density at radius 1 is 1.33 bits per heavy atom. The SMILES string of the molecule is Cc1cc2[nH]c(-n3ccn(C)c3=O)cc2nc1N. The van der Waals surface area contributed by atoms with Gasteiger partial charge in [-0.3, -0.25) is 4.57 Å². The van der Waals surface area contributed by atoms with Crippen molar-refractivity contribution in [3.8, 4) is 5.82 Å². The number of H-pyrrole nitrogens is 1. The molecule has 0 amide bonds. The molecule has 0 saturated carbocycles. The molecule has 0 aliphatic carbocycles. The van der Waals surface area contributed by atoms with Gasteiger partial charge in [0.25, 0.3) is 0 Å². The van der Waals surface area contributed by atoms with E-state index < -0.39 is 0 Å². The quantitative estimate of drug-likeness (QED) is 0.667. The topological polar surface area (TPSA) is 81.6 Å². The molecule has 0 fully saturated rings. The van der Waals surface area contributed by atoms with Gasteiger partial charge in [-0.15, -0.1) is 0 Å². The predicted octanol–water partition coefficient (Wildman–Crippen LogP) is 0.943. The number of aromatic amines is 1. The third kappa shape index (κ3) is 1.42. The number of fused-ring (bicyclic) bond motifs is 1. The van der Waals surface area contributed by atoms with Crippen molar-refractivity contribution in [3.05, 3.63) is 40.6 Å². The summed E-state index contributed by atoms with van der Waals surface area (Å²) in [5.74, 6) is 1.20. The molecule has 0 aliphatic rings. The Morgan fingerprint density at radius 2 is 2.11 bits per heavy atom. The van der Waals surface area contributed by atoms with Crippen molar-refractivity contribution >= 4 is 16.9 Å². The summed E-state index contributed by atoms with van der Waals surface area (Å²) in [6.07, 6.45) is 3.42. The molecule has 3 aromatic rings. The molecule has 3 aromatic heterocycles. The maximum absolute atomic E-state index is 11.8. The van der Waals surface area contributed by atoms with Crippen molar-refractivity contribution in [1.29, 1.82) is 0 Å². The van der Waals surface area contributed by atoms with Crippen molar-refractivity contribution in [3.63, 3.8) is 0 Å². The van der Waals surface area contributed by atoms with Crippen LogP contribution in [0.1, 0.15) is 5.56 Å². The lowest BCUT2D eigenvalue weighted by molar-refractivity contribution is 0.817. The minimum Gasteiger partial charge on any atom is -0.383 e. The number of nitrogens with zero attached hydrogens (tertiary/aromatic N) is 3. The number of rotatable bonds is 1. The van der Waals surface area contributed by atoms with Gasteiger partial charge < -0.3 is 15.3 Å². The maximum atomic E-state index is 11.8. The molecule has 0 atom stereocenters. The van der Waals surface area contributed by atoms with Crippen LogP contribution in [0, 0.1) is 6.92 Å². The number of nitrogens with two attached hydrogens (primary N) is 1. The fourth-order valence-corrected chi connectivity index (χ4v) is 1.93. The second-order valence-corrected chi connectivity index (χ2v) is 4.34. The summed E-state index contributed by atoms with van der Waals surface area (Å²) in [6.45, 7) is 1.90. The largest absolute Gasteiger partial charge is 0.383 e. The molecule has 0 aromatic carbocycles. The number of anilines is 1. The van der Waals surface area contributed by atoms with Crippen molar-refractivity contribution in [2.24, 2.45) is 7.05 Å². The van der Waals surface area contributed by atoms with Gasteiger partial charge in [0.2, 0.25) is 0 Å². The molecular weight excluding hydrogens is 230 g/mol. The Labute approximate surface area is 103 Å². The lowest BCUT2D eigenvalue weighted by Gasteiger charge is -1.97. The zero-order valence-corrected chi connectivity index (χ0v) is 10.1. The summed E-state index contributed by atoms with van der Waals surface area (Å²) in [4.78, 5) is 19.3. The van der Waals surface area contributed by atoms with Crippen molar-refractivity contribution in [2.45, 2.75) is 6.92 Å². The van der Waals surface area contributed by atoms with Gasteiger partial charge in [-0.2, -0.15) is 0 Å². The molecule has 3 heterocycles. The second-order valence-electron chi connectivity index (χ2n) is 4.34. The Kier molecular flexibility index (Phi) is 2.07. The molecule has 6 nitrogen and oxygen atoms in total. The lowest BCUT2D eigenvalue weighted by Crippen LogP contribution is -2.20. The smallest absolute Gasteiger partial charge is 0.333 e. The number of imidazole rings is 1. The number of hydrogen-bond acceptors (Lipinski definition) is 3. The highest BCUT2D eigenvalue weighted by molar-refractivity contribution is 5.80. The Morgan fingerprint density at radius 3 is 2.78 bits per heavy atom. The number of aryl methyl sites for hydroxylation is 2. The van der Waals surface area contributed by atoms with Gasteiger partial charge in [-0.25, -0.2) is 9.78 Å². The van der Waals surface area contributed by atoms with Crippen LogP contribution in [0.15, 0.2) is 29.3 Å². The zero-order valence-electron chi connectivity index (χ0n) is 10.1. The predicted molar refractivity (Wildman–Crippen MR) is 69.8 cm³/mol. The molecule has 0 saturated heterocycles. The molecule has 6 heteroatoms. The van der Waals surface area contributed by atoms with E-state index in [1.807, 2.05) is 19.1 Å². The van der Waals surface area contributed by atoms with E-state index in [9.17, 15) is 4.79 Å². The molecule has 0 aliphatic heterocycles. The fourth-order valence-electron chi connectivity index (χ4n) is 1.93. The van der Waals surface area contributed by atoms with E-state index in [0.717, 1.165) is 16.6 Å². The van der Waals surface area contributed by atoms with Gasteiger partial charge >= 0.3 is 5.69 Å². The molecule has 0 bridgehead atoms. The van der Waals surface area contributed by atoms with Crippen LogP contribution in [-0.2, 0) is 7.05 Å². The molecule has 3 N–H and O–H groups in total. The standard InChI is InChI=1S/C12H13N5O/c1-7-5-8-9(15-11(7)13)6-10(14-8)17-4-3-16(2)12(17)18/h3-6,14H,1-2H3,(H2,13,15). The highest BCUT2D eigenvalue weighted by atomic mass is 16.1. The number of nitrogens with one attached hydrogen (secondary N) is 1. The first-order valence-corrected chi connectivity index (χ1v) is 5.56. The summed E-state index contributed by atoms with van der Waals surface area (Å²) in [5.41, 5.74) is 8.20. The maximum Gasteiger partial charge on any atom is 0.333 e. The van der Waals surface area contributed by atoms with E-state index in [2.05, 4.69) is 9.97 Å². The van der Waals surface area contributed by atoms with Gasteiger partial charge in [0.15, 0.2) is 0 Å². The highest BCUT2D eigenvalue weighted by Gasteiger charge is 2.08. The van der Waals surface area contributed by atoms with E-state index in [4.69, 9.17) is 5.73 Å².